The number of nitrogens with one attached hydrogen (secondary N) is 2. The monoisotopic (exact) mass is 330 g/mol. The molecule has 0 aliphatic rings. The number of hydrogen-bond acceptors (Lipinski definition) is 3. The van der Waals surface area contributed by atoms with Crippen molar-refractivity contribution in [2.45, 2.75) is 33.4 Å². The number of anilines is 1. The van der Waals surface area contributed by atoms with Crippen molar-refractivity contribution in [3.63, 3.8) is 0 Å². The normalized spacial score (nSPS) is 12.2. The molecule has 0 aliphatic carbocycles. The van der Waals surface area contributed by atoms with E-state index in [9.17, 15) is 4.79 Å². The molecule has 1 atom stereocenters. The maximum Gasteiger partial charge on any atom is 0.320 e. The van der Waals surface area contributed by atoms with E-state index >= 15 is 0 Å². The number of ether oxygens (including phenoxy) is 1. The Bertz CT molecular complexity index is 625. The molecule has 0 saturated carbocycles. The van der Waals surface area contributed by atoms with E-state index in [4.69, 9.17) is 4.74 Å². The SMILES string of the molecule is CC(C)[C@@H](C)n1nccc1NC(=O)NCCOCc1ccccc1. The summed E-state index contributed by atoms with van der Waals surface area (Å²) in [6.45, 7) is 7.79. The maximum atomic E-state index is 12.0. The van der Waals surface area contributed by atoms with Crippen molar-refractivity contribution in [3.05, 3.63) is 48.2 Å². The highest BCUT2D eigenvalue weighted by molar-refractivity contribution is 5.88. The van der Waals surface area contributed by atoms with Crippen LogP contribution in [-0.2, 0) is 11.3 Å². The molecular weight excluding hydrogens is 304 g/mol. The van der Waals surface area contributed by atoms with Gasteiger partial charge in [0.25, 0.3) is 0 Å². The van der Waals surface area contributed by atoms with Crippen molar-refractivity contribution in [1.82, 2.24) is 15.1 Å². The molecule has 0 saturated heterocycles. The predicted molar refractivity (Wildman–Crippen MR) is 94.9 cm³/mol. The standard InChI is InChI=1S/C18H26N4O2/c1-14(2)15(3)22-17(9-10-20-22)21-18(23)19-11-12-24-13-16-7-5-4-6-8-16/h4-10,14-15H,11-13H2,1-3H3,(H2,19,21,23)/t15-/m1/s1. The van der Waals surface area contributed by atoms with Crippen LogP contribution in [0.5, 0.6) is 0 Å². The zero-order chi connectivity index (χ0) is 17.4. The van der Waals surface area contributed by atoms with Gasteiger partial charge < -0.3 is 10.1 Å². The fourth-order valence-corrected chi connectivity index (χ4v) is 2.18. The van der Waals surface area contributed by atoms with Crippen molar-refractivity contribution in [1.29, 1.82) is 0 Å². The minimum Gasteiger partial charge on any atom is -0.375 e. The van der Waals surface area contributed by atoms with Crippen LogP contribution in [0.15, 0.2) is 42.6 Å². The average molecular weight is 330 g/mol. The molecule has 130 valence electrons. The van der Waals surface area contributed by atoms with Crippen LogP contribution in [0.1, 0.15) is 32.4 Å². The highest BCUT2D eigenvalue weighted by atomic mass is 16.5. The van der Waals surface area contributed by atoms with Gasteiger partial charge in [-0.25, -0.2) is 9.48 Å². The summed E-state index contributed by atoms with van der Waals surface area (Å²) in [6.07, 6.45) is 1.69. The maximum absolute atomic E-state index is 12.0. The van der Waals surface area contributed by atoms with E-state index in [1.54, 1.807) is 12.3 Å². The Labute approximate surface area is 143 Å². The molecule has 0 aliphatic heterocycles. The number of aromatic nitrogens is 2. The van der Waals surface area contributed by atoms with E-state index < -0.39 is 0 Å². The smallest absolute Gasteiger partial charge is 0.320 e. The molecule has 1 heterocycles. The Kier molecular flexibility index (Phi) is 6.81. The predicted octanol–water partition coefficient (Wildman–Crippen LogP) is 3.44. The second-order valence-electron chi connectivity index (χ2n) is 6.06. The molecule has 2 aromatic rings. The molecule has 2 amide bonds. The van der Waals surface area contributed by atoms with Crippen molar-refractivity contribution in [2.24, 2.45) is 5.92 Å². The second-order valence-corrected chi connectivity index (χ2v) is 6.06. The quantitative estimate of drug-likeness (QED) is 0.729. The molecule has 1 aromatic carbocycles. The number of urea groups is 1. The summed E-state index contributed by atoms with van der Waals surface area (Å²) in [7, 11) is 0. The van der Waals surface area contributed by atoms with Gasteiger partial charge in [-0.2, -0.15) is 5.10 Å². The van der Waals surface area contributed by atoms with Crippen LogP contribution in [0.25, 0.3) is 0 Å². The number of rotatable bonds is 8. The van der Waals surface area contributed by atoms with Gasteiger partial charge in [0.1, 0.15) is 5.82 Å². The Morgan fingerprint density at radius 2 is 1.96 bits per heavy atom. The fraction of sp³-hybridized carbons (Fsp3) is 0.444. The van der Waals surface area contributed by atoms with Gasteiger partial charge >= 0.3 is 6.03 Å². The topological polar surface area (TPSA) is 68.2 Å². The lowest BCUT2D eigenvalue weighted by atomic mass is 10.1. The van der Waals surface area contributed by atoms with Crippen LogP contribution in [0.3, 0.4) is 0 Å². The number of amides is 2. The first-order valence-electron chi connectivity index (χ1n) is 8.28. The van der Waals surface area contributed by atoms with Crippen LogP contribution in [0.4, 0.5) is 10.6 Å². The molecule has 1 aromatic heterocycles. The van der Waals surface area contributed by atoms with E-state index in [2.05, 4.69) is 36.5 Å². The van der Waals surface area contributed by atoms with Gasteiger partial charge in [-0.05, 0) is 18.4 Å². The summed E-state index contributed by atoms with van der Waals surface area (Å²) >= 11 is 0. The zero-order valence-electron chi connectivity index (χ0n) is 14.5. The van der Waals surface area contributed by atoms with Crippen molar-refractivity contribution in [2.75, 3.05) is 18.5 Å². The molecule has 6 nitrogen and oxygen atoms in total. The second kappa shape index (κ2) is 9.08. The molecule has 0 radical (unpaired) electrons. The first-order valence-corrected chi connectivity index (χ1v) is 8.28. The van der Waals surface area contributed by atoms with Crippen LogP contribution in [-0.4, -0.2) is 29.0 Å². The zero-order valence-corrected chi connectivity index (χ0v) is 14.5. The van der Waals surface area contributed by atoms with Crippen LogP contribution in [0, 0.1) is 5.92 Å². The summed E-state index contributed by atoms with van der Waals surface area (Å²) in [5, 5.41) is 9.90. The number of carbonyl (C=O) groups excluding carboxylic acids is 1. The lowest BCUT2D eigenvalue weighted by Crippen LogP contribution is -2.32. The van der Waals surface area contributed by atoms with Crippen molar-refractivity contribution in [3.8, 4) is 0 Å². The van der Waals surface area contributed by atoms with E-state index in [0.717, 1.165) is 5.56 Å². The van der Waals surface area contributed by atoms with E-state index in [1.807, 2.05) is 35.0 Å². The van der Waals surface area contributed by atoms with Gasteiger partial charge in [0.05, 0.1) is 25.5 Å². The number of benzene rings is 1. The summed E-state index contributed by atoms with van der Waals surface area (Å²) < 4.78 is 7.37. The van der Waals surface area contributed by atoms with Gasteiger partial charge in [-0.1, -0.05) is 44.2 Å². The van der Waals surface area contributed by atoms with Gasteiger partial charge in [0.2, 0.25) is 0 Å². The van der Waals surface area contributed by atoms with Gasteiger partial charge in [-0.3, -0.25) is 5.32 Å². The molecule has 0 spiro atoms. The Hall–Kier alpha value is -2.34. The lowest BCUT2D eigenvalue weighted by molar-refractivity contribution is 0.124. The first kappa shape index (κ1) is 18.0. The minimum absolute atomic E-state index is 0.213. The summed E-state index contributed by atoms with van der Waals surface area (Å²) in [5.74, 6) is 1.12. The highest BCUT2D eigenvalue weighted by Crippen LogP contribution is 2.20. The third-order valence-electron chi connectivity index (χ3n) is 3.91. The first-order chi connectivity index (χ1) is 11.6. The van der Waals surface area contributed by atoms with E-state index in [1.165, 1.54) is 0 Å². The Balaban J connectivity index is 1.69. The third-order valence-corrected chi connectivity index (χ3v) is 3.91. The minimum atomic E-state index is -0.254. The largest absolute Gasteiger partial charge is 0.375 e. The van der Waals surface area contributed by atoms with Crippen molar-refractivity contribution < 1.29 is 9.53 Å². The third kappa shape index (κ3) is 5.38. The molecule has 0 bridgehead atoms. The van der Waals surface area contributed by atoms with E-state index in [0.29, 0.717) is 31.5 Å². The molecule has 2 rings (SSSR count). The molecule has 0 unspecified atom stereocenters. The molecule has 6 heteroatoms. The van der Waals surface area contributed by atoms with Gasteiger partial charge in [-0.15, -0.1) is 0 Å². The number of hydrogen-bond donors (Lipinski definition) is 2. The average Bonchev–Trinajstić information content (AvgIpc) is 3.02. The molecule has 24 heavy (non-hydrogen) atoms. The fourth-order valence-electron chi connectivity index (χ4n) is 2.18. The van der Waals surface area contributed by atoms with Gasteiger partial charge in [0.15, 0.2) is 0 Å². The van der Waals surface area contributed by atoms with Crippen molar-refractivity contribution >= 4 is 11.8 Å². The molecule has 0 fully saturated rings. The molecular formula is C18H26N4O2. The number of carbonyl (C=O) groups is 1. The van der Waals surface area contributed by atoms with Crippen LogP contribution in [0.2, 0.25) is 0 Å². The Morgan fingerprint density at radius 3 is 2.67 bits per heavy atom. The molecule has 2 N–H and O–H groups in total. The summed E-state index contributed by atoms with van der Waals surface area (Å²) in [5.41, 5.74) is 1.12. The van der Waals surface area contributed by atoms with Crippen LogP contribution < -0.4 is 10.6 Å². The summed E-state index contributed by atoms with van der Waals surface area (Å²) in [4.78, 5) is 12.0. The Morgan fingerprint density at radius 1 is 1.21 bits per heavy atom. The highest BCUT2D eigenvalue weighted by Gasteiger charge is 2.14. The lowest BCUT2D eigenvalue weighted by Gasteiger charge is -2.19. The number of nitrogens with zero attached hydrogens (tertiary/aromatic N) is 2. The van der Waals surface area contributed by atoms with E-state index in [-0.39, 0.29) is 12.1 Å². The van der Waals surface area contributed by atoms with Crippen LogP contribution >= 0.6 is 0 Å². The van der Waals surface area contributed by atoms with Gasteiger partial charge in [0, 0.05) is 12.6 Å². The summed E-state index contributed by atoms with van der Waals surface area (Å²) in [6, 6.07) is 11.7.